The van der Waals surface area contributed by atoms with Gasteiger partial charge in [0.05, 0.1) is 11.6 Å². The lowest BCUT2D eigenvalue weighted by atomic mass is 9.82. The Balaban J connectivity index is 1.66. The summed E-state index contributed by atoms with van der Waals surface area (Å²) in [4.78, 5) is 25.1. The van der Waals surface area contributed by atoms with Gasteiger partial charge in [0.1, 0.15) is 6.10 Å². The van der Waals surface area contributed by atoms with Crippen LogP contribution in [-0.4, -0.2) is 35.5 Å². The largest absolute Gasteiger partial charge is 0.456 e. The lowest BCUT2D eigenvalue weighted by Crippen LogP contribution is -2.47. The Morgan fingerprint density at radius 3 is 2.61 bits per heavy atom. The van der Waals surface area contributed by atoms with Gasteiger partial charge in [-0.15, -0.1) is 0 Å². The van der Waals surface area contributed by atoms with Crippen LogP contribution in [-0.2, 0) is 9.53 Å². The quantitative estimate of drug-likeness (QED) is 0.741. The number of hydrogen-bond acceptors (Lipinski definition) is 3. The molecule has 1 aliphatic carbocycles. The summed E-state index contributed by atoms with van der Waals surface area (Å²) in [6, 6.07) is 9.07. The van der Waals surface area contributed by atoms with Crippen molar-refractivity contribution in [2.75, 3.05) is 6.54 Å². The summed E-state index contributed by atoms with van der Waals surface area (Å²) in [5.74, 6) is 0.105. The molecule has 0 aromatic heterocycles. The number of esters is 1. The van der Waals surface area contributed by atoms with Crippen molar-refractivity contribution in [1.82, 2.24) is 4.90 Å². The molecule has 3 atom stereocenters. The van der Waals surface area contributed by atoms with Crippen molar-refractivity contribution in [3.05, 3.63) is 35.9 Å². The minimum absolute atomic E-state index is 0.0701. The Morgan fingerprint density at radius 1 is 1.28 bits per heavy atom. The standard InChI is InChI=1S/C14H15NO3/c1-9(16)15-8-11-7-12(15)13(11)18-14(17)10-5-3-2-4-6-10/h2-6,11-13H,7-8H2,1H3/t11-,12-,13-/m1/s1. The fourth-order valence-electron chi connectivity index (χ4n) is 2.87. The summed E-state index contributed by atoms with van der Waals surface area (Å²) in [5, 5.41) is 0. The predicted octanol–water partition coefficient (Wildman–Crippen LogP) is 1.46. The number of carbonyl (C=O) groups excluding carboxylic acids is 2. The molecule has 1 aromatic carbocycles. The molecule has 0 N–H and O–H groups in total. The summed E-state index contributed by atoms with van der Waals surface area (Å²) < 4.78 is 5.51. The maximum Gasteiger partial charge on any atom is 0.338 e. The zero-order valence-corrected chi connectivity index (χ0v) is 10.2. The molecule has 0 spiro atoms. The second-order valence-electron chi connectivity index (χ2n) is 4.97. The van der Waals surface area contributed by atoms with Gasteiger partial charge in [-0.1, -0.05) is 18.2 Å². The number of carbonyl (C=O) groups is 2. The molecule has 1 amide bonds. The van der Waals surface area contributed by atoms with Crippen LogP contribution in [0.15, 0.2) is 30.3 Å². The Kier molecular flexibility index (Phi) is 2.58. The number of hydrogen-bond donors (Lipinski definition) is 0. The van der Waals surface area contributed by atoms with Crippen molar-refractivity contribution in [2.45, 2.75) is 25.5 Å². The van der Waals surface area contributed by atoms with Gasteiger partial charge in [0.2, 0.25) is 5.91 Å². The molecule has 2 bridgehead atoms. The fraction of sp³-hybridized carbons (Fsp3) is 0.429. The third-order valence-electron chi connectivity index (χ3n) is 3.88. The average molecular weight is 245 g/mol. The van der Waals surface area contributed by atoms with E-state index in [9.17, 15) is 9.59 Å². The lowest BCUT2D eigenvalue weighted by molar-refractivity contribution is -0.130. The van der Waals surface area contributed by atoms with Crippen LogP contribution in [0.25, 0.3) is 0 Å². The van der Waals surface area contributed by atoms with Crippen molar-refractivity contribution in [2.24, 2.45) is 5.92 Å². The van der Waals surface area contributed by atoms with Gasteiger partial charge in [-0.2, -0.15) is 0 Å². The Labute approximate surface area is 106 Å². The molecule has 4 rings (SSSR count). The fourth-order valence-corrected chi connectivity index (χ4v) is 2.87. The molecule has 1 aromatic rings. The lowest BCUT2D eigenvalue weighted by Gasteiger charge is -2.35. The third kappa shape index (κ3) is 1.68. The molecular formula is C14H15NO3. The molecule has 2 saturated heterocycles. The molecule has 0 radical (unpaired) electrons. The van der Waals surface area contributed by atoms with Gasteiger partial charge < -0.3 is 9.64 Å². The zero-order valence-electron chi connectivity index (χ0n) is 10.2. The molecule has 0 unspecified atom stereocenters. The predicted molar refractivity (Wildman–Crippen MR) is 64.9 cm³/mol. The summed E-state index contributed by atoms with van der Waals surface area (Å²) in [6.45, 7) is 2.30. The smallest absolute Gasteiger partial charge is 0.338 e. The molecule has 3 aliphatic rings. The molecule has 94 valence electrons. The highest BCUT2D eigenvalue weighted by atomic mass is 16.5. The minimum Gasteiger partial charge on any atom is -0.456 e. The van der Waals surface area contributed by atoms with E-state index in [1.165, 1.54) is 0 Å². The Morgan fingerprint density at radius 2 is 2.00 bits per heavy atom. The van der Waals surface area contributed by atoms with Crippen LogP contribution >= 0.6 is 0 Å². The summed E-state index contributed by atoms with van der Waals surface area (Å²) in [7, 11) is 0. The number of fused-ring (bicyclic) bond motifs is 1. The van der Waals surface area contributed by atoms with Crippen LogP contribution in [0.1, 0.15) is 23.7 Å². The highest BCUT2D eigenvalue weighted by Gasteiger charge is 2.55. The molecule has 18 heavy (non-hydrogen) atoms. The Hall–Kier alpha value is -1.84. The van der Waals surface area contributed by atoms with Crippen LogP contribution in [0.3, 0.4) is 0 Å². The molecule has 1 saturated carbocycles. The normalized spacial score (nSPS) is 28.7. The molecule has 4 heteroatoms. The second-order valence-corrected chi connectivity index (χ2v) is 4.97. The summed E-state index contributed by atoms with van der Waals surface area (Å²) in [6.07, 6.45) is 0.855. The average Bonchev–Trinajstić information content (AvgIpc) is 2.95. The first-order chi connectivity index (χ1) is 8.66. The van der Waals surface area contributed by atoms with Crippen LogP contribution in [0.4, 0.5) is 0 Å². The van der Waals surface area contributed by atoms with Gasteiger partial charge in [0, 0.05) is 19.4 Å². The van der Waals surface area contributed by atoms with Crippen molar-refractivity contribution in [3.63, 3.8) is 0 Å². The number of rotatable bonds is 2. The molecule has 4 nitrogen and oxygen atoms in total. The monoisotopic (exact) mass is 245 g/mol. The van der Waals surface area contributed by atoms with E-state index in [4.69, 9.17) is 4.74 Å². The van der Waals surface area contributed by atoms with E-state index < -0.39 is 0 Å². The second kappa shape index (κ2) is 4.12. The highest BCUT2D eigenvalue weighted by molar-refractivity contribution is 5.89. The highest BCUT2D eigenvalue weighted by Crippen LogP contribution is 2.43. The van der Waals surface area contributed by atoms with Crippen molar-refractivity contribution < 1.29 is 14.3 Å². The van der Waals surface area contributed by atoms with Gasteiger partial charge in [-0.05, 0) is 18.6 Å². The van der Waals surface area contributed by atoms with Crippen LogP contribution in [0.2, 0.25) is 0 Å². The number of benzene rings is 1. The summed E-state index contributed by atoms with van der Waals surface area (Å²) >= 11 is 0. The number of nitrogens with zero attached hydrogens (tertiary/aromatic N) is 1. The number of amides is 1. The molecule has 3 fully saturated rings. The van der Waals surface area contributed by atoms with E-state index in [0.717, 1.165) is 13.0 Å². The number of ether oxygens (including phenoxy) is 1. The maximum atomic E-state index is 11.9. The third-order valence-corrected chi connectivity index (χ3v) is 3.88. The van der Waals surface area contributed by atoms with E-state index in [0.29, 0.717) is 11.5 Å². The van der Waals surface area contributed by atoms with E-state index in [1.54, 1.807) is 19.1 Å². The molecular weight excluding hydrogens is 230 g/mol. The maximum absolute atomic E-state index is 11.9. The van der Waals surface area contributed by atoms with Gasteiger partial charge >= 0.3 is 5.97 Å². The van der Waals surface area contributed by atoms with Crippen molar-refractivity contribution in [1.29, 1.82) is 0 Å². The topological polar surface area (TPSA) is 46.6 Å². The van der Waals surface area contributed by atoms with Gasteiger partial charge in [0.25, 0.3) is 0 Å². The van der Waals surface area contributed by atoms with Crippen LogP contribution < -0.4 is 0 Å². The van der Waals surface area contributed by atoms with Gasteiger partial charge in [-0.25, -0.2) is 4.79 Å². The zero-order chi connectivity index (χ0) is 12.7. The van der Waals surface area contributed by atoms with E-state index in [2.05, 4.69) is 0 Å². The SMILES string of the molecule is CC(=O)N1C[C@H]2C[C@@H]1[C@@H]2OC(=O)c1ccccc1. The van der Waals surface area contributed by atoms with Crippen LogP contribution in [0.5, 0.6) is 0 Å². The van der Waals surface area contributed by atoms with Crippen molar-refractivity contribution >= 4 is 11.9 Å². The first kappa shape index (κ1) is 11.3. The first-order valence-electron chi connectivity index (χ1n) is 6.20. The Bertz CT molecular complexity index is 485. The van der Waals surface area contributed by atoms with Gasteiger partial charge in [0.15, 0.2) is 0 Å². The van der Waals surface area contributed by atoms with Gasteiger partial charge in [-0.3, -0.25) is 4.79 Å². The summed E-state index contributed by atoms with van der Waals surface area (Å²) in [5.41, 5.74) is 0.568. The molecule has 2 heterocycles. The minimum atomic E-state index is -0.291. The van der Waals surface area contributed by atoms with Crippen molar-refractivity contribution in [3.8, 4) is 0 Å². The van der Waals surface area contributed by atoms with Crippen LogP contribution in [0, 0.1) is 5.92 Å². The first-order valence-corrected chi connectivity index (χ1v) is 6.20. The van der Waals surface area contributed by atoms with E-state index >= 15 is 0 Å². The van der Waals surface area contributed by atoms with E-state index in [1.807, 2.05) is 23.1 Å². The van der Waals surface area contributed by atoms with E-state index in [-0.39, 0.29) is 24.0 Å². The molecule has 2 aliphatic heterocycles.